The van der Waals surface area contributed by atoms with Gasteiger partial charge in [0.1, 0.15) is 0 Å². The molecule has 0 unspecified atom stereocenters. The maximum atomic E-state index is 11.0. The van der Waals surface area contributed by atoms with Crippen molar-refractivity contribution in [1.82, 2.24) is 0 Å². The first-order valence-electron chi connectivity index (χ1n) is 5.77. The Labute approximate surface area is 120 Å². The second kappa shape index (κ2) is 6.53. The number of benzene rings is 1. The highest BCUT2D eigenvalue weighted by Crippen LogP contribution is 2.29. The van der Waals surface area contributed by atoms with Crippen LogP contribution in [0.15, 0.2) is 18.2 Å². The third-order valence-corrected chi connectivity index (χ3v) is 3.31. The van der Waals surface area contributed by atoms with E-state index in [1.807, 2.05) is 0 Å². The molecule has 0 fully saturated rings. The highest BCUT2D eigenvalue weighted by atomic mass is 79.9. The molecule has 5 nitrogen and oxygen atoms in total. The minimum atomic E-state index is -0.495. The molecule has 0 spiro atoms. The number of hydrogen-bond donors (Lipinski definition) is 0. The molecular weight excluding hydrogens is 312 g/mol. The number of ether oxygens (including phenoxy) is 1. The number of nitro groups is 1. The molecule has 0 aliphatic rings. The average Bonchev–Trinajstić information content (AvgIpc) is 2.38. The average molecular weight is 327 g/mol. The number of halogens is 1. The Morgan fingerprint density at radius 3 is 2.74 bits per heavy atom. The van der Waals surface area contributed by atoms with E-state index in [4.69, 9.17) is 10.00 Å². The SMILES string of the molecule is CC(C)(C#N)CCOc1ccc(CBr)cc1[N+](=O)[O-]. The topological polar surface area (TPSA) is 76.2 Å². The summed E-state index contributed by atoms with van der Waals surface area (Å²) >= 11 is 3.25. The van der Waals surface area contributed by atoms with Crippen molar-refractivity contribution in [3.05, 3.63) is 33.9 Å². The smallest absolute Gasteiger partial charge is 0.311 e. The summed E-state index contributed by atoms with van der Waals surface area (Å²) in [6.45, 7) is 3.88. The maximum absolute atomic E-state index is 11.0. The lowest BCUT2D eigenvalue weighted by atomic mass is 9.92. The van der Waals surface area contributed by atoms with Crippen molar-refractivity contribution in [2.24, 2.45) is 5.41 Å². The van der Waals surface area contributed by atoms with E-state index in [1.54, 1.807) is 26.0 Å². The summed E-state index contributed by atoms with van der Waals surface area (Å²) in [5, 5.41) is 20.4. The third-order valence-electron chi connectivity index (χ3n) is 2.66. The first-order valence-corrected chi connectivity index (χ1v) is 6.89. The van der Waals surface area contributed by atoms with Gasteiger partial charge in [0.15, 0.2) is 5.75 Å². The van der Waals surface area contributed by atoms with Crippen LogP contribution in [-0.2, 0) is 5.33 Å². The molecule has 102 valence electrons. The van der Waals surface area contributed by atoms with Crippen LogP contribution in [0, 0.1) is 26.9 Å². The number of hydrogen-bond acceptors (Lipinski definition) is 4. The van der Waals surface area contributed by atoms with Crippen molar-refractivity contribution in [2.75, 3.05) is 6.61 Å². The molecule has 1 aromatic carbocycles. The first-order chi connectivity index (χ1) is 8.89. The summed E-state index contributed by atoms with van der Waals surface area (Å²) in [6, 6.07) is 7.01. The van der Waals surface area contributed by atoms with Crippen molar-refractivity contribution in [3.8, 4) is 11.8 Å². The molecule has 0 saturated carbocycles. The quantitative estimate of drug-likeness (QED) is 0.452. The van der Waals surface area contributed by atoms with Crippen molar-refractivity contribution in [1.29, 1.82) is 5.26 Å². The van der Waals surface area contributed by atoms with Gasteiger partial charge in [-0.2, -0.15) is 5.26 Å². The fourth-order valence-electron chi connectivity index (χ4n) is 1.38. The third kappa shape index (κ3) is 4.52. The molecule has 0 aliphatic heterocycles. The molecule has 0 saturated heterocycles. The fraction of sp³-hybridized carbons (Fsp3) is 0.462. The molecule has 0 amide bonds. The van der Waals surface area contributed by atoms with E-state index >= 15 is 0 Å². The number of alkyl halides is 1. The molecule has 0 bridgehead atoms. The normalized spacial score (nSPS) is 10.8. The van der Waals surface area contributed by atoms with Crippen molar-refractivity contribution in [3.63, 3.8) is 0 Å². The number of nitriles is 1. The van der Waals surface area contributed by atoms with E-state index in [-0.39, 0.29) is 18.0 Å². The summed E-state index contributed by atoms with van der Waals surface area (Å²) in [4.78, 5) is 10.5. The summed E-state index contributed by atoms with van der Waals surface area (Å²) in [6.07, 6.45) is 0.515. The standard InChI is InChI=1S/C13H15BrN2O3/c1-13(2,9-15)5-6-19-12-4-3-10(8-14)7-11(12)16(17)18/h3-4,7H,5-6,8H2,1-2H3. The zero-order valence-electron chi connectivity index (χ0n) is 10.9. The Bertz CT molecular complexity index is 509. The number of nitro benzene ring substituents is 1. The highest BCUT2D eigenvalue weighted by molar-refractivity contribution is 9.08. The molecule has 6 heteroatoms. The lowest BCUT2D eigenvalue weighted by Crippen LogP contribution is -2.13. The Hall–Kier alpha value is -1.61. The number of nitrogens with zero attached hydrogens (tertiary/aromatic N) is 2. The summed E-state index contributed by atoms with van der Waals surface area (Å²) in [5.41, 5.74) is 0.271. The second-order valence-electron chi connectivity index (χ2n) is 4.79. The molecule has 0 aromatic heterocycles. The van der Waals surface area contributed by atoms with Crippen LogP contribution >= 0.6 is 15.9 Å². The van der Waals surface area contributed by atoms with Crippen LogP contribution in [0.5, 0.6) is 5.75 Å². The van der Waals surface area contributed by atoms with E-state index in [9.17, 15) is 10.1 Å². The van der Waals surface area contributed by atoms with Gasteiger partial charge < -0.3 is 4.74 Å². The van der Waals surface area contributed by atoms with Gasteiger partial charge in [-0.05, 0) is 31.9 Å². The largest absolute Gasteiger partial charge is 0.487 e. The van der Waals surface area contributed by atoms with E-state index in [0.717, 1.165) is 5.56 Å². The minimum Gasteiger partial charge on any atom is -0.487 e. The van der Waals surface area contributed by atoms with Gasteiger partial charge in [-0.3, -0.25) is 10.1 Å². The summed E-state index contributed by atoms with van der Waals surface area (Å²) in [5.74, 6) is 0.239. The van der Waals surface area contributed by atoms with Crippen LogP contribution < -0.4 is 4.74 Å². The van der Waals surface area contributed by atoms with Crippen LogP contribution in [0.25, 0.3) is 0 Å². The molecule has 1 rings (SSSR count). The minimum absolute atomic E-state index is 0.0493. The van der Waals surface area contributed by atoms with Crippen LogP contribution in [0.1, 0.15) is 25.8 Å². The molecular formula is C13H15BrN2O3. The van der Waals surface area contributed by atoms with Gasteiger partial charge in [-0.25, -0.2) is 0 Å². The van der Waals surface area contributed by atoms with E-state index in [1.165, 1.54) is 6.07 Å². The predicted octanol–water partition coefficient (Wildman–Crippen LogP) is 3.81. The number of rotatable bonds is 6. The molecule has 0 atom stereocenters. The van der Waals surface area contributed by atoms with Crippen LogP contribution in [-0.4, -0.2) is 11.5 Å². The van der Waals surface area contributed by atoms with Crippen molar-refractivity contribution in [2.45, 2.75) is 25.6 Å². The Kier molecular flexibility index (Phi) is 5.31. The molecule has 0 N–H and O–H groups in total. The maximum Gasteiger partial charge on any atom is 0.311 e. The zero-order valence-corrected chi connectivity index (χ0v) is 12.4. The lowest BCUT2D eigenvalue weighted by molar-refractivity contribution is -0.385. The van der Waals surface area contributed by atoms with Gasteiger partial charge in [0, 0.05) is 11.4 Å². The van der Waals surface area contributed by atoms with Gasteiger partial charge in [-0.1, -0.05) is 22.0 Å². The van der Waals surface area contributed by atoms with Gasteiger partial charge in [-0.15, -0.1) is 0 Å². The summed E-state index contributed by atoms with van der Waals surface area (Å²) in [7, 11) is 0. The van der Waals surface area contributed by atoms with Gasteiger partial charge >= 0.3 is 5.69 Å². The molecule has 0 radical (unpaired) electrons. The van der Waals surface area contributed by atoms with E-state index in [0.29, 0.717) is 11.8 Å². The van der Waals surface area contributed by atoms with Crippen LogP contribution in [0.2, 0.25) is 0 Å². The Morgan fingerprint density at radius 2 is 2.21 bits per heavy atom. The van der Waals surface area contributed by atoms with Crippen molar-refractivity contribution < 1.29 is 9.66 Å². The fourth-order valence-corrected chi connectivity index (χ4v) is 1.73. The van der Waals surface area contributed by atoms with Gasteiger partial charge in [0.25, 0.3) is 0 Å². The first kappa shape index (κ1) is 15.4. The monoisotopic (exact) mass is 326 g/mol. The van der Waals surface area contributed by atoms with E-state index < -0.39 is 10.3 Å². The Morgan fingerprint density at radius 1 is 1.53 bits per heavy atom. The van der Waals surface area contributed by atoms with E-state index in [2.05, 4.69) is 22.0 Å². The van der Waals surface area contributed by atoms with Crippen molar-refractivity contribution >= 4 is 21.6 Å². The lowest BCUT2D eigenvalue weighted by Gasteiger charge is -2.15. The summed E-state index contributed by atoms with van der Waals surface area (Å²) < 4.78 is 5.43. The highest BCUT2D eigenvalue weighted by Gasteiger charge is 2.19. The van der Waals surface area contributed by atoms with Gasteiger partial charge in [0.2, 0.25) is 0 Å². The Balaban J connectivity index is 2.79. The predicted molar refractivity (Wildman–Crippen MR) is 75.2 cm³/mol. The molecule has 0 aliphatic carbocycles. The zero-order chi connectivity index (χ0) is 14.5. The van der Waals surface area contributed by atoms with Crippen LogP contribution in [0.3, 0.4) is 0 Å². The molecule has 19 heavy (non-hydrogen) atoms. The van der Waals surface area contributed by atoms with Gasteiger partial charge in [0.05, 0.1) is 23.0 Å². The molecule has 1 aromatic rings. The molecule has 0 heterocycles. The second-order valence-corrected chi connectivity index (χ2v) is 5.35. The van der Waals surface area contributed by atoms with Crippen LogP contribution in [0.4, 0.5) is 5.69 Å².